The zero-order chi connectivity index (χ0) is 20.0. The molecule has 28 heavy (non-hydrogen) atoms. The van der Waals surface area contributed by atoms with E-state index in [1.807, 2.05) is 56.3 Å². The van der Waals surface area contributed by atoms with Crippen LogP contribution in [0.5, 0.6) is 5.75 Å². The van der Waals surface area contributed by atoms with Gasteiger partial charge in [-0.3, -0.25) is 0 Å². The molecule has 0 radical (unpaired) electrons. The van der Waals surface area contributed by atoms with Crippen LogP contribution in [0.2, 0.25) is 0 Å². The van der Waals surface area contributed by atoms with Gasteiger partial charge in [0.15, 0.2) is 0 Å². The Kier molecular flexibility index (Phi) is 5.94. The summed E-state index contributed by atoms with van der Waals surface area (Å²) in [5.74, 6) is 0.417. The monoisotopic (exact) mass is 378 g/mol. The van der Waals surface area contributed by atoms with E-state index in [4.69, 9.17) is 4.74 Å². The molecule has 0 fully saturated rings. The summed E-state index contributed by atoms with van der Waals surface area (Å²) in [6.45, 7) is 4.21. The molecule has 3 aromatic carbocycles. The third-order valence-corrected chi connectivity index (χ3v) is 4.35. The van der Waals surface area contributed by atoms with Crippen LogP contribution in [0.15, 0.2) is 78.9 Å². The number of carbonyl (C=O) groups is 1. The van der Waals surface area contributed by atoms with Crippen LogP contribution in [0.1, 0.15) is 25.0 Å². The lowest BCUT2D eigenvalue weighted by Gasteiger charge is -2.27. The summed E-state index contributed by atoms with van der Waals surface area (Å²) in [7, 11) is 0. The van der Waals surface area contributed by atoms with E-state index in [-0.39, 0.29) is 11.8 Å². The summed E-state index contributed by atoms with van der Waals surface area (Å²) < 4.78 is 18.8. The van der Waals surface area contributed by atoms with Crippen LogP contribution in [0.25, 0.3) is 0 Å². The van der Waals surface area contributed by atoms with Crippen LogP contribution < -0.4 is 15.4 Å². The molecule has 0 spiro atoms. The van der Waals surface area contributed by atoms with Gasteiger partial charge < -0.3 is 15.4 Å². The molecular weight excluding hydrogens is 355 g/mol. The van der Waals surface area contributed by atoms with Crippen molar-refractivity contribution >= 4 is 11.7 Å². The molecule has 2 amide bonds. The van der Waals surface area contributed by atoms with Gasteiger partial charge >= 0.3 is 6.03 Å². The van der Waals surface area contributed by atoms with Crippen LogP contribution in [-0.2, 0) is 12.1 Å². The number of nitrogens with one attached hydrogen (secondary N) is 2. The first-order valence-corrected chi connectivity index (χ1v) is 9.04. The van der Waals surface area contributed by atoms with Crippen molar-refractivity contribution in [2.75, 3.05) is 5.32 Å². The van der Waals surface area contributed by atoms with E-state index in [1.54, 1.807) is 24.3 Å². The van der Waals surface area contributed by atoms with Crippen molar-refractivity contribution in [2.45, 2.75) is 26.0 Å². The Hall–Kier alpha value is -3.34. The highest BCUT2D eigenvalue weighted by atomic mass is 19.1. The third kappa shape index (κ3) is 5.33. The number of benzene rings is 3. The Labute approximate surface area is 164 Å². The molecule has 2 N–H and O–H groups in total. The van der Waals surface area contributed by atoms with Gasteiger partial charge in [0.1, 0.15) is 18.2 Å². The summed E-state index contributed by atoms with van der Waals surface area (Å²) in [5.41, 5.74) is 1.91. The number of hydrogen-bond acceptors (Lipinski definition) is 2. The Morgan fingerprint density at radius 1 is 0.929 bits per heavy atom. The van der Waals surface area contributed by atoms with Crippen molar-refractivity contribution in [3.8, 4) is 5.75 Å². The Morgan fingerprint density at radius 2 is 1.57 bits per heavy atom. The number of anilines is 1. The van der Waals surface area contributed by atoms with Crippen LogP contribution >= 0.6 is 0 Å². The highest BCUT2D eigenvalue weighted by Gasteiger charge is 2.22. The second-order valence-corrected chi connectivity index (χ2v) is 7.01. The summed E-state index contributed by atoms with van der Waals surface area (Å²) in [5, 5.41) is 5.70. The SMILES string of the molecule is CC(C)(NC(=O)Nc1ccc(OCc2ccccc2)cc1)c1ccc(F)cc1. The Morgan fingerprint density at radius 3 is 2.21 bits per heavy atom. The molecule has 0 aromatic heterocycles. The molecule has 0 aliphatic rings. The topological polar surface area (TPSA) is 50.4 Å². The zero-order valence-corrected chi connectivity index (χ0v) is 15.9. The first-order valence-electron chi connectivity index (χ1n) is 9.04. The summed E-state index contributed by atoms with van der Waals surface area (Å²) in [4.78, 5) is 12.3. The summed E-state index contributed by atoms with van der Waals surface area (Å²) in [6, 6.07) is 22.8. The number of ether oxygens (including phenoxy) is 1. The lowest BCUT2D eigenvalue weighted by atomic mass is 9.94. The molecule has 0 aliphatic carbocycles. The second-order valence-electron chi connectivity index (χ2n) is 7.01. The van der Waals surface area contributed by atoms with E-state index < -0.39 is 5.54 Å². The first kappa shape index (κ1) is 19.4. The van der Waals surface area contributed by atoms with Crippen molar-refractivity contribution in [3.05, 3.63) is 95.8 Å². The standard InChI is InChI=1S/C23H23FN2O2/c1-23(2,18-8-10-19(24)11-9-18)26-22(27)25-20-12-14-21(15-13-20)28-16-17-6-4-3-5-7-17/h3-15H,16H2,1-2H3,(H2,25,26,27). The van der Waals surface area contributed by atoms with Gasteiger partial charge in [-0.1, -0.05) is 42.5 Å². The van der Waals surface area contributed by atoms with E-state index in [9.17, 15) is 9.18 Å². The quantitative estimate of drug-likeness (QED) is 0.598. The highest BCUT2D eigenvalue weighted by Crippen LogP contribution is 2.21. The van der Waals surface area contributed by atoms with Gasteiger partial charge in [-0.25, -0.2) is 9.18 Å². The van der Waals surface area contributed by atoms with Gasteiger partial charge in [-0.15, -0.1) is 0 Å². The number of rotatable bonds is 6. The lowest BCUT2D eigenvalue weighted by Crippen LogP contribution is -2.43. The molecule has 3 rings (SSSR count). The molecule has 0 saturated heterocycles. The normalized spacial score (nSPS) is 11.0. The predicted molar refractivity (Wildman–Crippen MR) is 109 cm³/mol. The van der Waals surface area contributed by atoms with Crippen molar-refractivity contribution in [1.82, 2.24) is 5.32 Å². The van der Waals surface area contributed by atoms with Crippen molar-refractivity contribution in [1.29, 1.82) is 0 Å². The van der Waals surface area contributed by atoms with Gasteiger partial charge in [0.25, 0.3) is 0 Å². The fourth-order valence-electron chi connectivity index (χ4n) is 2.76. The largest absolute Gasteiger partial charge is 0.489 e. The smallest absolute Gasteiger partial charge is 0.319 e. The minimum Gasteiger partial charge on any atom is -0.489 e. The zero-order valence-electron chi connectivity index (χ0n) is 15.9. The van der Waals surface area contributed by atoms with E-state index in [2.05, 4.69) is 10.6 Å². The maximum absolute atomic E-state index is 13.1. The van der Waals surface area contributed by atoms with E-state index in [0.29, 0.717) is 12.3 Å². The van der Waals surface area contributed by atoms with Crippen LogP contribution in [0, 0.1) is 5.82 Å². The Balaban J connectivity index is 1.54. The second kappa shape index (κ2) is 8.57. The molecule has 0 bridgehead atoms. The minimum absolute atomic E-state index is 0.307. The molecule has 3 aromatic rings. The van der Waals surface area contributed by atoms with Gasteiger partial charge in [-0.2, -0.15) is 0 Å². The van der Waals surface area contributed by atoms with Crippen molar-refractivity contribution in [3.63, 3.8) is 0 Å². The summed E-state index contributed by atoms with van der Waals surface area (Å²) in [6.07, 6.45) is 0. The predicted octanol–water partition coefficient (Wildman–Crippen LogP) is 5.46. The molecule has 0 heterocycles. The molecule has 5 heteroatoms. The number of amides is 2. The molecule has 4 nitrogen and oxygen atoms in total. The molecule has 0 unspecified atom stereocenters. The first-order chi connectivity index (χ1) is 13.4. The van der Waals surface area contributed by atoms with E-state index in [1.165, 1.54) is 12.1 Å². The summed E-state index contributed by atoms with van der Waals surface area (Å²) >= 11 is 0. The average molecular weight is 378 g/mol. The van der Waals surface area contributed by atoms with Crippen LogP contribution in [0.4, 0.5) is 14.9 Å². The average Bonchev–Trinajstić information content (AvgIpc) is 2.68. The number of hydrogen-bond donors (Lipinski definition) is 2. The van der Waals surface area contributed by atoms with Gasteiger partial charge in [0, 0.05) is 5.69 Å². The maximum atomic E-state index is 13.1. The maximum Gasteiger partial charge on any atom is 0.319 e. The van der Waals surface area contributed by atoms with Crippen molar-refractivity contribution < 1.29 is 13.9 Å². The fourth-order valence-corrected chi connectivity index (χ4v) is 2.76. The molecule has 0 atom stereocenters. The minimum atomic E-state index is -0.642. The fraction of sp³-hybridized carbons (Fsp3) is 0.174. The lowest BCUT2D eigenvalue weighted by molar-refractivity contribution is 0.242. The van der Waals surface area contributed by atoms with E-state index >= 15 is 0 Å². The number of urea groups is 1. The molecular formula is C23H23FN2O2. The van der Waals surface area contributed by atoms with Gasteiger partial charge in [0.05, 0.1) is 5.54 Å². The molecule has 144 valence electrons. The third-order valence-electron chi connectivity index (χ3n) is 4.35. The molecule has 0 saturated carbocycles. The number of carbonyl (C=O) groups excluding carboxylic acids is 1. The number of halogens is 1. The highest BCUT2D eigenvalue weighted by molar-refractivity contribution is 5.89. The van der Waals surface area contributed by atoms with Gasteiger partial charge in [0.2, 0.25) is 0 Å². The van der Waals surface area contributed by atoms with Crippen LogP contribution in [0.3, 0.4) is 0 Å². The molecule has 0 aliphatic heterocycles. The van der Waals surface area contributed by atoms with Crippen molar-refractivity contribution in [2.24, 2.45) is 0 Å². The Bertz CT molecular complexity index is 908. The van der Waals surface area contributed by atoms with Crippen LogP contribution in [-0.4, -0.2) is 6.03 Å². The van der Waals surface area contributed by atoms with Gasteiger partial charge in [-0.05, 0) is 61.4 Å². The van der Waals surface area contributed by atoms with E-state index in [0.717, 1.165) is 16.9 Å².